The summed E-state index contributed by atoms with van der Waals surface area (Å²) in [6.45, 7) is 0. The fourth-order valence-corrected chi connectivity index (χ4v) is 6.06. The van der Waals surface area contributed by atoms with Gasteiger partial charge in [0.1, 0.15) is 11.9 Å². The van der Waals surface area contributed by atoms with Crippen LogP contribution in [0, 0.1) is 34.6 Å². The van der Waals surface area contributed by atoms with Crippen LogP contribution in [0.25, 0.3) is 0 Å². The van der Waals surface area contributed by atoms with Crippen LogP contribution < -0.4 is 4.74 Å². The first-order valence-corrected chi connectivity index (χ1v) is 12.9. The maximum Gasteiger partial charge on any atom is 0.254 e. The smallest absolute Gasteiger partial charge is 0.254 e. The lowest BCUT2D eigenvalue weighted by Crippen LogP contribution is -2.49. The number of benzene rings is 3. The zero-order valence-electron chi connectivity index (χ0n) is 19.6. The van der Waals surface area contributed by atoms with Crippen LogP contribution in [0.5, 0.6) is 5.75 Å². The molecule has 2 heterocycles. The van der Waals surface area contributed by atoms with Gasteiger partial charge >= 0.3 is 0 Å². The SMILES string of the molecule is N#Cc1cccc(OC2CC3CCC(C2)N3C(=O)c2ccc(CSc3c(F)c(F)cc(F)c3F)cc2)c1. The van der Waals surface area contributed by atoms with Crippen molar-refractivity contribution in [3.63, 3.8) is 0 Å². The third kappa shape index (κ3) is 5.16. The lowest BCUT2D eigenvalue weighted by Gasteiger charge is -2.39. The number of hydrogen-bond donors (Lipinski definition) is 0. The molecule has 2 unspecified atom stereocenters. The standard InChI is InChI=1S/C28H22F4N2O2S/c29-23-13-24(30)26(32)27(25(23)31)37-15-16-4-6-18(7-5-16)28(35)34-19-8-9-20(34)12-22(11-19)36-21-3-1-2-17(10-21)14-33/h1-7,10,13,19-20,22H,8-9,11-12,15H2. The number of amides is 1. The van der Waals surface area contributed by atoms with Crippen LogP contribution in [0.2, 0.25) is 0 Å². The minimum absolute atomic E-state index is 0.0386. The second-order valence-corrected chi connectivity index (χ2v) is 10.2. The molecule has 2 atom stereocenters. The fourth-order valence-electron chi connectivity index (χ4n) is 5.11. The summed E-state index contributed by atoms with van der Waals surface area (Å²) in [5.74, 6) is -5.08. The molecule has 0 N–H and O–H groups in total. The molecule has 3 aromatic rings. The quantitative estimate of drug-likeness (QED) is 0.206. The molecule has 0 spiro atoms. The third-order valence-electron chi connectivity index (χ3n) is 6.85. The molecule has 0 aromatic heterocycles. The van der Waals surface area contributed by atoms with E-state index in [-0.39, 0.29) is 35.9 Å². The summed E-state index contributed by atoms with van der Waals surface area (Å²) in [5, 5.41) is 9.10. The summed E-state index contributed by atoms with van der Waals surface area (Å²) < 4.78 is 60.8. The van der Waals surface area contributed by atoms with E-state index >= 15 is 0 Å². The molecule has 0 aliphatic carbocycles. The zero-order valence-corrected chi connectivity index (χ0v) is 20.4. The molecule has 4 nitrogen and oxygen atoms in total. The fraction of sp³-hybridized carbons (Fsp3) is 0.286. The predicted octanol–water partition coefficient (Wildman–Crippen LogP) is 6.62. The number of halogens is 4. The van der Waals surface area contributed by atoms with Crippen molar-refractivity contribution >= 4 is 17.7 Å². The lowest BCUT2D eigenvalue weighted by atomic mass is 9.98. The van der Waals surface area contributed by atoms with Gasteiger partial charge in [-0.15, -0.1) is 11.8 Å². The highest BCUT2D eigenvalue weighted by Crippen LogP contribution is 2.38. The lowest BCUT2D eigenvalue weighted by molar-refractivity contribution is 0.0359. The number of nitriles is 1. The van der Waals surface area contributed by atoms with E-state index in [2.05, 4.69) is 6.07 Å². The summed E-state index contributed by atoms with van der Waals surface area (Å²) >= 11 is 0.654. The normalized spacial score (nSPS) is 20.5. The van der Waals surface area contributed by atoms with Crippen molar-refractivity contribution in [1.29, 1.82) is 5.26 Å². The van der Waals surface area contributed by atoms with E-state index in [1.54, 1.807) is 42.5 Å². The average Bonchev–Trinajstić information content (AvgIpc) is 3.17. The molecular weight excluding hydrogens is 504 g/mol. The minimum atomic E-state index is -1.44. The monoisotopic (exact) mass is 526 g/mol. The number of carbonyl (C=O) groups is 1. The van der Waals surface area contributed by atoms with E-state index in [0.717, 1.165) is 12.8 Å². The Bertz CT molecular complexity index is 1340. The van der Waals surface area contributed by atoms with Gasteiger partial charge in [0.2, 0.25) is 0 Å². The van der Waals surface area contributed by atoms with Crippen LogP contribution >= 0.6 is 11.8 Å². The second kappa shape index (κ2) is 10.5. The Kier molecular flexibility index (Phi) is 7.11. The Morgan fingerprint density at radius 1 is 0.973 bits per heavy atom. The molecule has 9 heteroatoms. The van der Waals surface area contributed by atoms with Crippen LogP contribution in [0.15, 0.2) is 59.5 Å². The number of thioether (sulfide) groups is 1. The number of fused-ring (bicyclic) bond motifs is 2. The molecule has 37 heavy (non-hydrogen) atoms. The largest absolute Gasteiger partial charge is 0.490 e. The Morgan fingerprint density at radius 2 is 1.62 bits per heavy atom. The van der Waals surface area contributed by atoms with E-state index in [4.69, 9.17) is 10.00 Å². The molecule has 2 aliphatic heterocycles. The molecule has 5 rings (SSSR count). The second-order valence-electron chi connectivity index (χ2n) is 9.23. The number of carbonyl (C=O) groups excluding carboxylic acids is 1. The molecule has 0 saturated carbocycles. The van der Waals surface area contributed by atoms with Crippen LogP contribution in [-0.4, -0.2) is 29.0 Å². The Morgan fingerprint density at radius 3 is 2.24 bits per heavy atom. The van der Waals surface area contributed by atoms with Crippen molar-refractivity contribution in [2.45, 2.75) is 54.5 Å². The van der Waals surface area contributed by atoms with Crippen LogP contribution in [0.3, 0.4) is 0 Å². The average molecular weight is 527 g/mol. The molecule has 1 amide bonds. The Labute approximate surface area is 215 Å². The van der Waals surface area contributed by atoms with Gasteiger partial charge in [-0.2, -0.15) is 5.26 Å². The molecule has 190 valence electrons. The number of piperidine rings is 1. The molecule has 3 aromatic carbocycles. The summed E-state index contributed by atoms with van der Waals surface area (Å²) in [6.07, 6.45) is 3.16. The van der Waals surface area contributed by atoms with Gasteiger partial charge in [-0.1, -0.05) is 18.2 Å². The number of rotatable bonds is 6. The van der Waals surface area contributed by atoms with Gasteiger partial charge in [0, 0.05) is 42.3 Å². The van der Waals surface area contributed by atoms with E-state index < -0.39 is 28.2 Å². The van der Waals surface area contributed by atoms with E-state index in [0.29, 0.717) is 47.0 Å². The van der Waals surface area contributed by atoms with Gasteiger partial charge < -0.3 is 9.64 Å². The van der Waals surface area contributed by atoms with E-state index in [9.17, 15) is 22.4 Å². The highest BCUT2D eigenvalue weighted by molar-refractivity contribution is 7.98. The Hall–Kier alpha value is -3.51. The molecule has 2 aliphatic rings. The van der Waals surface area contributed by atoms with E-state index in [1.807, 2.05) is 11.0 Å². The third-order valence-corrected chi connectivity index (χ3v) is 7.97. The highest BCUT2D eigenvalue weighted by Gasteiger charge is 2.44. The van der Waals surface area contributed by atoms with Crippen molar-refractivity contribution in [2.75, 3.05) is 0 Å². The zero-order chi connectivity index (χ0) is 26.1. The maximum absolute atomic E-state index is 13.9. The molecule has 0 radical (unpaired) electrons. The van der Waals surface area contributed by atoms with Crippen molar-refractivity contribution in [3.8, 4) is 11.8 Å². The summed E-state index contributed by atoms with van der Waals surface area (Å²) in [6, 6.07) is 16.1. The maximum atomic E-state index is 13.9. The number of hydrogen-bond acceptors (Lipinski definition) is 4. The van der Waals surface area contributed by atoms with Crippen molar-refractivity contribution < 1.29 is 27.1 Å². The predicted molar refractivity (Wildman–Crippen MR) is 130 cm³/mol. The first-order valence-electron chi connectivity index (χ1n) is 11.9. The van der Waals surface area contributed by atoms with Crippen molar-refractivity contribution in [3.05, 3.63) is 94.6 Å². The van der Waals surface area contributed by atoms with Gasteiger partial charge in [0.05, 0.1) is 16.5 Å². The summed E-state index contributed by atoms with van der Waals surface area (Å²) in [5.41, 5.74) is 1.69. The topological polar surface area (TPSA) is 53.3 Å². The van der Waals surface area contributed by atoms with E-state index in [1.165, 1.54) is 0 Å². The first-order chi connectivity index (χ1) is 17.8. The number of nitrogens with zero attached hydrogens (tertiary/aromatic N) is 2. The molecular formula is C28H22F4N2O2S. The number of ether oxygens (including phenoxy) is 1. The minimum Gasteiger partial charge on any atom is -0.490 e. The van der Waals surface area contributed by atoms with Crippen LogP contribution in [-0.2, 0) is 5.75 Å². The molecule has 2 fully saturated rings. The summed E-state index contributed by atoms with van der Waals surface area (Å²) in [4.78, 5) is 14.5. The van der Waals surface area contributed by atoms with Gasteiger partial charge in [0.25, 0.3) is 5.91 Å². The van der Waals surface area contributed by atoms with Crippen LogP contribution in [0.1, 0.15) is 47.2 Å². The van der Waals surface area contributed by atoms with Crippen LogP contribution in [0.4, 0.5) is 17.6 Å². The molecule has 2 bridgehead atoms. The van der Waals surface area contributed by atoms with Crippen molar-refractivity contribution in [2.24, 2.45) is 0 Å². The first kappa shape index (κ1) is 25.2. The van der Waals surface area contributed by atoms with Gasteiger partial charge in [-0.05, 0) is 48.7 Å². The summed E-state index contributed by atoms with van der Waals surface area (Å²) in [7, 11) is 0. The Balaban J connectivity index is 1.22. The molecule has 2 saturated heterocycles. The van der Waals surface area contributed by atoms with Crippen molar-refractivity contribution in [1.82, 2.24) is 4.90 Å². The highest BCUT2D eigenvalue weighted by atomic mass is 32.2. The van der Waals surface area contributed by atoms with Gasteiger partial charge in [0.15, 0.2) is 23.3 Å². The van der Waals surface area contributed by atoms with Gasteiger partial charge in [-0.3, -0.25) is 4.79 Å². The van der Waals surface area contributed by atoms with Gasteiger partial charge in [-0.25, -0.2) is 17.6 Å².